The summed E-state index contributed by atoms with van der Waals surface area (Å²) >= 11 is 0. The lowest BCUT2D eigenvalue weighted by Crippen LogP contribution is -2.38. The van der Waals surface area contributed by atoms with Crippen LogP contribution in [0.1, 0.15) is 30.9 Å². The Bertz CT molecular complexity index is 422. The van der Waals surface area contributed by atoms with Crippen molar-refractivity contribution in [1.82, 2.24) is 4.90 Å². The normalized spacial score (nSPS) is 16.4. The lowest BCUT2D eigenvalue weighted by molar-refractivity contribution is -0.139. The Labute approximate surface area is 101 Å². The molecule has 1 aliphatic rings. The van der Waals surface area contributed by atoms with Crippen molar-refractivity contribution in [2.75, 3.05) is 6.54 Å². The molecule has 1 saturated heterocycles. The molecule has 1 aromatic rings. The topological polar surface area (TPSA) is 37.4 Å². The van der Waals surface area contributed by atoms with Gasteiger partial charge in [-0.25, -0.2) is 0 Å². The van der Waals surface area contributed by atoms with E-state index in [4.69, 9.17) is 0 Å². The largest absolute Gasteiger partial charge is 0.338 e. The zero-order valence-corrected chi connectivity index (χ0v) is 10.1. The first-order valence-corrected chi connectivity index (χ1v) is 6.06. The number of ketones is 1. The summed E-state index contributed by atoms with van der Waals surface area (Å²) in [5, 5.41) is 0. The standard InChI is InChI=1S/C14H17NO2/c1-2-11-3-5-12(6-4-11)10-15-8-7-13(16)9-14(15)17/h3-6H,2,7-10H2,1H3. The van der Waals surface area contributed by atoms with E-state index in [1.54, 1.807) is 4.90 Å². The number of rotatable bonds is 3. The minimum absolute atomic E-state index is 0.0409. The first-order chi connectivity index (χ1) is 8.19. The third-order valence-corrected chi connectivity index (χ3v) is 3.17. The number of nitrogens with zero attached hydrogens (tertiary/aromatic N) is 1. The highest BCUT2D eigenvalue weighted by molar-refractivity contribution is 6.00. The summed E-state index contributed by atoms with van der Waals surface area (Å²) in [4.78, 5) is 24.5. The smallest absolute Gasteiger partial charge is 0.230 e. The molecule has 0 saturated carbocycles. The van der Waals surface area contributed by atoms with E-state index in [9.17, 15) is 9.59 Å². The van der Waals surface area contributed by atoms with E-state index in [1.165, 1.54) is 5.56 Å². The zero-order valence-electron chi connectivity index (χ0n) is 10.1. The number of Topliss-reactive ketones (excluding diaryl/α,β-unsaturated/α-hetero) is 1. The van der Waals surface area contributed by atoms with Crippen molar-refractivity contribution in [2.24, 2.45) is 0 Å². The maximum absolute atomic E-state index is 11.6. The van der Waals surface area contributed by atoms with E-state index in [1.807, 2.05) is 0 Å². The molecule has 3 heteroatoms. The molecule has 0 aliphatic carbocycles. The Morgan fingerprint density at radius 3 is 2.35 bits per heavy atom. The third kappa shape index (κ3) is 2.93. The Hall–Kier alpha value is -1.64. The number of piperidine rings is 1. The van der Waals surface area contributed by atoms with Crippen molar-refractivity contribution in [2.45, 2.75) is 32.7 Å². The molecule has 0 unspecified atom stereocenters. The number of carbonyl (C=O) groups excluding carboxylic acids is 2. The van der Waals surface area contributed by atoms with Gasteiger partial charge in [0.1, 0.15) is 5.78 Å². The van der Waals surface area contributed by atoms with Crippen LogP contribution in [-0.4, -0.2) is 23.1 Å². The first-order valence-electron chi connectivity index (χ1n) is 6.06. The summed E-state index contributed by atoms with van der Waals surface area (Å²) < 4.78 is 0. The van der Waals surface area contributed by atoms with Crippen molar-refractivity contribution >= 4 is 11.7 Å². The number of carbonyl (C=O) groups is 2. The summed E-state index contributed by atoms with van der Waals surface area (Å²) in [7, 11) is 0. The van der Waals surface area contributed by atoms with E-state index in [2.05, 4.69) is 31.2 Å². The highest BCUT2D eigenvalue weighted by Gasteiger charge is 2.23. The van der Waals surface area contributed by atoms with E-state index in [-0.39, 0.29) is 18.1 Å². The summed E-state index contributed by atoms with van der Waals surface area (Å²) in [5.41, 5.74) is 2.43. The zero-order chi connectivity index (χ0) is 12.3. The fourth-order valence-electron chi connectivity index (χ4n) is 2.02. The van der Waals surface area contributed by atoms with Crippen LogP contribution in [0.4, 0.5) is 0 Å². The molecule has 0 atom stereocenters. The minimum Gasteiger partial charge on any atom is -0.338 e. The second kappa shape index (κ2) is 5.13. The van der Waals surface area contributed by atoms with Crippen molar-refractivity contribution < 1.29 is 9.59 Å². The van der Waals surface area contributed by atoms with Crippen LogP contribution in [-0.2, 0) is 22.6 Å². The Balaban J connectivity index is 2.00. The van der Waals surface area contributed by atoms with Gasteiger partial charge in [-0.2, -0.15) is 0 Å². The van der Waals surface area contributed by atoms with Gasteiger partial charge in [-0.1, -0.05) is 31.2 Å². The van der Waals surface area contributed by atoms with Gasteiger partial charge in [0.15, 0.2) is 0 Å². The lowest BCUT2D eigenvalue weighted by atomic mass is 10.1. The number of benzene rings is 1. The average Bonchev–Trinajstić information content (AvgIpc) is 2.34. The molecule has 1 aromatic carbocycles. The van der Waals surface area contributed by atoms with E-state index >= 15 is 0 Å². The van der Waals surface area contributed by atoms with Crippen LogP contribution in [0.3, 0.4) is 0 Å². The fourth-order valence-corrected chi connectivity index (χ4v) is 2.02. The molecule has 0 radical (unpaired) electrons. The molecule has 90 valence electrons. The van der Waals surface area contributed by atoms with Crippen molar-refractivity contribution in [1.29, 1.82) is 0 Å². The predicted octanol–water partition coefficient (Wildman–Crippen LogP) is 1.94. The monoisotopic (exact) mass is 231 g/mol. The fraction of sp³-hybridized carbons (Fsp3) is 0.429. The van der Waals surface area contributed by atoms with Crippen LogP contribution >= 0.6 is 0 Å². The van der Waals surface area contributed by atoms with Gasteiger partial charge in [0.25, 0.3) is 0 Å². The second-order valence-corrected chi connectivity index (χ2v) is 4.45. The highest BCUT2D eigenvalue weighted by Crippen LogP contribution is 2.13. The maximum Gasteiger partial charge on any atom is 0.230 e. The molecule has 1 fully saturated rings. The van der Waals surface area contributed by atoms with Crippen LogP contribution in [0.25, 0.3) is 0 Å². The van der Waals surface area contributed by atoms with Crippen LogP contribution in [0.15, 0.2) is 24.3 Å². The Kier molecular flexibility index (Phi) is 3.57. The quantitative estimate of drug-likeness (QED) is 0.745. The van der Waals surface area contributed by atoms with Crippen molar-refractivity contribution in [3.8, 4) is 0 Å². The van der Waals surface area contributed by atoms with Gasteiger partial charge in [-0.3, -0.25) is 9.59 Å². The van der Waals surface area contributed by atoms with Crippen LogP contribution in [0.5, 0.6) is 0 Å². The maximum atomic E-state index is 11.6. The third-order valence-electron chi connectivity index (χ3n) is 3.17. The molecule has 1 amide bonds. The molecule has 2 rings (SSSR count). The molecule has 1 aliphatic heterocycles. The van der Waals surface area contributed by atoms with E-state index < -0.39 is 0 Å². The SMILES string of the molecule is CCc1ccc(CN2CCC(=O)CC2=O)cc1. The van der Waals surface area contributed by atoms with Gasteiger partial charge in [-0.15, -0.1) is 0 Å². The molecular weight excluding hydrogens is 214 g/mol. The average molecular weight is 231 g/mol. The van der Waals surface area contributed by atoms with Crippen molar-refractivity contribution in [3.05, 3.63) is 35.4 Å². The summed E-state index contributed by atoms with van der Waals surface area (Å²) in [6.07, 6.45) is 1.60. The summed E-state index contributed by atoms with van der Waals surface area (Å²) in [6.45, 7) is 3.30. The Morgan fingerprint density at radius 1 is 1.12 bits per heavy atom. The predicted molar refractivity (Wildman–Crippen MR) is 65.5 cm³/mol. The van der Waals surface area contributed by atoms with Crippen LogP contribution in [0.2, 0.25) is 0 Å². The second-order valence-electron chi connectivity index (χ2n) is 4.45. The first kappa shape index (κ1) is 11.8. The van der Waals surface area contributed by atoms with Crippen LogP contribution < -0.4 is 0 Å². The minimum atomic E-state index is -0.0409. The molecule has 17 heavy (non-hydrogen) atoms. The highest BCUT2D eigenvalue weighted by atomic mass is 16.2. The summed E-state index contributed by atoms with van der Waals surface area (Å²) in [6, 6.07) is 8.30. The molecule has 1 heterocycles. The molecule has 0 aromatic heterocycles. The number of hydrogen-bond acceptors (Lipinski definition) is 2. The van der Waals surface area contributed by atoms with Crippen molar-refractivity contribution in [3.63, 3.8) is 0 Å². The van der Waals surface area contributed by atoms with Gasteiger partial charge in [0.2, 0.25) is 5.91 Å². The molecule has 0 bridgehead atoms. The summed E-state index contributed by atoms with van der Waals surface area (Å²) in [5.74, 6) is 0.0217. The number of hydrogen-bond donors (Lipinski definition) is 0. The van der Waals surface area contributed by atoms with Gasteiger partial charge in [0, 0.05) is 19.5 Å². The molecule has 0 N–H and O–H groups in total. The van der Waals surface area contributed by atoms with E-state index in [0.717, 1.165) is 12.0 Å². The van der Waals surface area contributed by atoms with E-state index in [0.29, 0.717) is 19.5 Å². The number of amides is 1. The van der Waals surface area contributed by atoms with Gasteiger partial charge >= 0.3 is 0 Å². The van der Waals surface area contributed by atoms with Gasteiger partial charge < -0.3 is 4.90 Å². The molecule has 3 nitrogen and oxygen atoms in total. The molecular formula is C14H17NO2. The number of aryl methyl sites for hydroxylation is 1. The molecule has 0 spiro atoms. The van der Waals surface area contributed by atoms with Crippen LogP contribution in [0, 0.1) is 0 Å². The Morgan fingerprint density at radius 2 is 1.76 bits per heavy atom. The van der Waals surface area contributed by atoms with Gasteiger partial charge in [-0.05, 0) is 17.5 Å². The lowest BCUT2D eigenvalue weighted by Gasteiger charge is -2.26. The number of likely N-dealkylation sites (tertiary alicyclic amines) is 1. The van der Waals surface area contributed by atoms with Gasteiger partial charge in [0.05, 0.1) is 6.42 Å².